The van der Waals surface area contributed by atoms with E-state index in [0.29, 0.717) is 12.8 Å². The van der Waals surface area contributed by atoms with Crippen molar-refractivity contribution in [3.63, 3.8) is 0 Å². The molecular formula is C15H26N2O4. The van der Waals surface area contributed by atoms with E-state index < -0.39 is 22.7 Å². The Hall–Kier alpha value is -1.59. The zero-order valence-electron chi connectivity index (χ0n) is 12.9. The Labute approximate surface area is 125 Å². The molecule has 0 heterocycles. The van der Waals surface area contributed by atoms with E-state index in [0.717, 1.165) is 25.7 Å². The van der Waals surface area contributed by atoms with Crippen molar-refractivity contribution in [2.75, 3.05) is 6.54 Å². The Morgan fingerprint density at radius 3 is 2.10 bits per heavy atom. The summed E-state index contributed by atoms with van der Waals surface area (Å²) in [6.45, 7) is 3.42. The van der Waals surface area contributed by atoms with E-state index >= 15 is 0 Å². The third-order valence-corrected chi connectivity index (χ3v) is 4.41. The average Bonchev–Trinajstić information content (AvgIpc) is 2.63. The molecule has 4 N–H and O–H groups in total. The van der Waals surface area contributed by atoms with Crippen LogP contribution in [-0.2, 0) is 14.4 Å². The van der Waals surface area contributed by atoms with Crippen molar-refractivity contribution in [2.45, 2.75) is 58.8 Å². The molecular weight excluding hydrogens is 272 g/mol. The van der Waals surface area contributed by atoms with Crippen LogP contribution < -0.4 is 11.1 Å². The molecule has 0 bridgehead atoms. The minimum Gasteiger partial charge on any atom is -0.481 e. The van der Waals surface area contributed by atoms with E-state index in [1.54, 1.807) is 13.8 Å². The minimum absolute atomic E-state index is 0.0306. The van der Waals surface area contributed by atoms with Gasteiger partial charge in [0.2, 0.25) is 11.8 Å². The summed E-state index contributed by atoms with van der Waals surface area (Å²) in [4.78, 5) is 34.9. The topological polar surface area (TPSA) is 109 Å². The second-order valence-corrected chi connectivity index (χ2v) is 6.70. The molecule has 0 radical (unpaired) electrons. The van der Waals surface area contributed by atoms with Gasteiger partial charge in [-0.2, -0.15) is 0 Å². The van der Waals surface area contributed by atoms with Crippen LogP contribution in [0.1, 0.15) is 58.8 Å². The predicted octanol–water partition coefficient (Wildman–Crippen LogP) is 1.43. The molecule has 6 heteroatoms. The molecule has 1 aliphatic rings. The quantitative estimate of drug-likeness (QED) is 0.644. The van der Waals surface area contributed by atoms with E-state index in [4.69, 9.17) is 5.73 Å². The maximum absolute atomic E-state index is 12.1. The number of hydrogen-bond acceptors (Lipinski definition) is 3. The van der Waals surface area contributed by atoms with Crippen LogP contribution in [0.3, 0.4) is 0 Å². The highest BCUT2D eigenvalue weighted by Gasteiger charge is 2.40. The molecule has 0 aromatic rings. The Morgan fingerprint density at radius 2 is 1.67 bits per heavy atom. The predicted molar refractivity (Wildman–Crippen MR) is 78.4 cm³/mol. The first-order valence-corrected chi connectivity index (χ1v) is 7.50. The summed E-state index contributed by atoms with van der Waals surface area (Å²) in [6.07, 6.45) is 4.76. The number of carboxylic acid groups (broad SMARTS) is 1. The summed E-state index contributed by atoms with van der Waals surface area (Å²) in [6, 6.07) is 0. The van der Waals surface area contributed by atoms with Gasteiger partial charge in [0.15, 0.2) is 0 Å². The van der Waals surface area contributed by atoms with Gasteiger partial charge < -0.3 is 16.2 Å². The Balaban J connectivity index is 2.65. The molecule has 0 aliphatic heterocycles. The average molecular weight is 298 g/mol. The van der Waals surface area contributed by atoms with Crippen molar-refractivity contribution in [3.8, 4) is 0 Å². The Morgan fingerprint density at radius 1 is 1.14 bits per heavy atom. The highest BCUT2D eigenvalue weighted by Crippen LogP contribution is 2.38. The fourth-order valence-corrected chi connectivity index (χ4v) is 2.65. The van der Waals surface area contributed by atoms with Crippen LogP contribution in [0.15, 0.2) is 0 Å². The smallest absolute Gasteiger partial charge is 0.310 e. The van der Waals surface area contributed by atoms with Gasteiger partial charge in [-0.1, -0.05) is 25.7 Å². The first-order chi connectivity index (χ1) is 9.69. The van der Waals surface area contributed by atoms with Crippen molar-refractivity contribution >= 4 is 17.8 Å². The summed E-state index contributed by atoms with van der Waals surface area (Å²) in [5.74, 6) is -1.72. The van der Waals surface area contributed by atoms with Crippen LogP contribution in [0.25, 0.3) is 0 Å². The zero-order valence-corrected chi connectivity index (χ0v) is 12.9. The van der Waals surface area contributed by atoms with Crippen molar-refractivity contribution in [2.24, 2.45) is 16.6 Å². The molecule has 0 spiro atoms. The normalized spacial score (nSPS) is 18.6. The van der Waals surface area contributed by atoms with Gasteiger partial charge in [0.1, 0.15) is 0 Å². The number of nitrogens with two attached hydrogens (primary N) is 1. The van der Waals surface area contributed by atoms with Gasteiger partial charge in [0, 0.05) is 13.0 Å². The monoisotopic (exact) mass is 298 g/mol. The number of primary amides is 1. The van der Waals surface area contributed by atoms with Gasteiger partial charge >= 0.3 is 5.97 Å². The van der Waals surface area contributed by atoms with Crippen LogP contribution in [0, 0.1) is 10.8 Å². The maximum Gasteiger partial charge on any atom is 0.310 e. The number of carbonyl (C=O) groups excluding carboxylic acids is 2. The fourth-order valence-electron chi connectivity index (χ4n) is 2.65. The highest BCUT2D eigenvalue weighted by molar-refractivity contribution is 5.86. The molecule has 6 nitrogen and oxygen atoms in total. The summed E-state index contributed by atoms with van der Waals surface area (Å²) in [5, 5.41) is 12.2. The standard InChI is InChI=1S/C15H26N2O4/c1-14(2,12(16)19)10-17-11(18)9-15(13(20)21)7-5-3-4-6-8-15/h3-10H2,1-2H3,(H2,16,19)(H,17,18)(H,20,21). The van der Waals surface area contributed by atoms with Crippen LogP contribution >= 0.6 is 0 Å². The second kappa shape index (κ2) is 6.91. The fraction of sp³-hybridized carbons (Fsp3) is 0.800. The molecule has 21 heavy (non-hydrogen) atoms. The van der Waals surface area contributed by atoms with Gasteiger partial charge in [-0.3, -0.25) is 14.4 Å². The molecule has 2 amide bonds. The third-order valence-electron chi connectivity index (χ3n) is 4.41. The first-order valence-electron chi connectivity index (χ1n) is 7.50. The zero-order chi connectivity index (χ0) is 16.1. The van der Waals surface area contributed by atoms with Gasteiger partial charge in [-0.25, -0.2) is 0 Å². The van der Waals surface area contributed by atoms with Crippen molar-refractivity contribution in [3.05, 3.63) is 0 Å². The lowest BCUT2D eigenvalue weighted by molar-refractivity contribution is -0.153. The molecule has 0 unspecified atom stereocenters. The van der Waals surface area contributed by atoms with Gasteiger partial charge in [-0.05, 0) is 26.7 Å². The Bertz CT molecular complexity index is 410. The molecule has 0 atom stereocenters. The summed E-state index contributed by atoms with van der Waals surface area (Å²) < 4.78 is 0. The maximum atomic E-state index is 12.1. The van der Waals surface area contributed by atoms with Crippen LogP contribution in [0.4, 0.5) is 0 Å². The lowest BCUT2D eigenvalue weighted by Gasteiger charge is -2.28. The molecule has 1 fully saturated rings. The summed E-state index contributed by atoms with van der Waals surface area (Å²) in [5.41, 5.74) is 3.45. The molecule has 0 aromatic carbocycles. The number of carboxylic acids is 1. The van der Waals surface area contributed by atoms with E-state index in [1.807, 2.05) is 0 Å². The minimum atomic E-state index is -0.961. The number of hydrogen-bond donors (Lipinski definition) is 3. The molecule has 1 aliphatic carbocycles. The molecule has 120 valence electrons. The van der Waals surface area contributed by atoms with Crippen molar-refractivity contribution in [1.82, 2.24) is 5.32 Å². The van der Waals surface area contributed by atoms with E-state index in [1.165, 1.54) is 0 Å². The number of carbonyl (C=O) groups is 3. The molecule has 1 saturated carbocycles. The van der Waals surface area contributed by atoms with Crippen molar-refractivity contribution < 1.29 is 19.5 Å². The Kier molecular flexibility index (Phi) is 5.75. The van der Waals surface area contributed by atoms with Gasteiger partial charge in [-0.15, -0.1) is 0 Å². The van der Waals surface area contributed by atoms with Crippen LogP contribution in [-0.4, -0.2) is 29.4 Å². The van der Waals surface area contributed by atoms with E-state index in [-0.39, 0.29) is 18.9 Å². The lowest BCUT2D eigenvalue weighted by atomic mass is 9.77. The summed E-state index contributed by atoms with van der Waals surface area (Å²) >= 11 is 0. The van der Waals surface area contributed by atoms with Crippen LogP contribution in [0.2, 0.25) is 0 Å². The number of aliphatic carboxylic acids is 1. The second-order valence-electron chi connectivity index (χ2n) is 6.70. The van der Waals surface area contributed by atoms with Crippen LogP contribution in [0.5, 0.6) is 0 Å². The SMILES string of the molecule is CC(C)(CNC(=O)CC1(C(=O)O)CCCCCC1)C(N)=O. The largest absolute Gasteiger partial charge is 0.481 e. The number of rotatable bonds is 6. The van der Waals surface area contributed by atoms with Gasteiger partial charge in [0.25, 0.3) is 0 Å². The highest BCUT2D eigenvalue weighted by atomic mass is 16.4. The molecule has 0 aromatic heterocycles. The van der Waals surface area contributed by atoms with E-state index in [9.17, 15) is 19.5 Å². The molecule has 0 saturated heterocycles. The summed E-state index contributed by atoms with van der Waals surface area (Å²) in [7, 11) is 0. The van der Waals surface area contributed by atoms with E-state index in [2.05, 4.69) is 5.32 Å². The van der Waals surface area contributed by atoms with Crippen molar-refractivity contribution in [1.29, 1.82) is 0 Å². The first kappa shape index (κ1) is 17.5. The number of amides is 2. The molecule has 1 rings (SSSR count). The third kappa shape index (κ3) is 4.72. The van der Waals surface area contributed by atoms with Gasteiger partial charge in [0.05, 0.1) is 10.8 Å². The number of nitrogens with one attached hydrogen (secondary N) is 1. The lowest BCUT2D eigenvalue weighted by Crippen LogP contribution is -2.44.